The molecule has 0 heterocycles. The van der Waals surface area contributed by atoms with E-state index < -0.39 is 5.97 Å². The minimum Gasteiger partial charge on any atom is -0.490 e. The molecular weight excluding hydrogens is 432 g/mol. The molecule has 8 heteroatoms. The van der Waals surface area contributed by atoms with E-state index in [0.29, 0.717) is 60.7 Å². The van der Waals surface area contributed by atoms with Gasteiger partial charge < -0.3 is 20.5 Å². The standard InChI is InChI=1S/C24H27ClN2O5/c1-15-14-20(32-19-8-4-17(5-9-19)24(30)31)10-11-21(15)23(29)27-13-12-26-22(28)16-2-6-18(25)7-3-16/h2-3,6-7,10-11,14,17,19H,4-5,8-9,12-13H2,1H3,(H,26,28)(H,27,29)(H,30,31). The van der Waals surface area contributed by atoms with Crippen molar-refractivity contribution in [1.82, 2.24) is 10.6 Å². The summed E-state index contributed by atoms with van der Waals surface area (Å²) >= 11 is 5.82. The van der Waals surface area contributed by atoms with Gasteiger partial charge in [-0.2, -0.15) is 0 Å². The smallest absolute Gasteiger partial charge is 0.306 e. The van der Waals surface area contributed by atoms with Crippen molar-refractivity contribution < 1.29 is 24.2 Å². The van der Waals surface area contributed by atoms with Crippen molar-refractivity contribution in [3.63, 3.8) is 0 Å². The van der Waals surface area contributed by atoms with E-state index in [9.17, 15) is 14.4 Å². The summed E-state index contributed by atoms with van der Waals surface area (Å²) in [6, 6.07) is 11.9. The molecule has 1 aliphatic rings. The number of aryl methyl sites for hydroxylation is 1. The first-order chi connectivity index (χ1) is 15.3. The van der Waals surface area contributed by atoms with Gasteiger partial charge in [-0.15, -0.1) is 0 Å². The monoisotopic (exact) mass is 458 g/mol. The zero-order valence-corrected chi connectivity index (χ0v) is 18.7. The molecule has 2 aromatic carbocycles. The Bertz CT molecular complexity index is 969. The second-order valence-electron chi connectivity index (χ2n) is 7.93. The maximum Gasteiger partial charge on any atom is 0.306 e. The van der Waals surface area contributed by atoms with Gasteiger partial charge in [0.25, 0.3) is 11.8 Å². The van der Waals surface area contributed by atoms with Crippen molar-refractivity contribution >= 4 is 29.4 Å². The Labute approximate surface area is 192 Å². The van der Waals surface area contributed by atoms with Crippen molar-refractivity contribution in [2.75, 3.05) is 13.1 Å². The van der Waals surface area contributed by atoms with Crippen LogP contribution < -0.4 is 15.4 Å². The van der Waals surface area contributed by atoms with Crippen LogP contribution in [0.4, 0.5) is 0 Å². The van der Waals surface area contributed by atoms with Gasteiger partial charge in [-0.05, 0) is 80.6 Å². The van der Waals surface area contributed by atoms with Gasteiger partial charge in [0.1, 0.15) is 5.75 Å². The third kappa shape index (κ3) is 6.47. The topological polar surface area (TPSA) is 105 Å². The number of carbonyl (C=O) groups is 3. The van der Waals surface area contributed by atoms with Crippen LogP contribution in [0.25, 0.3) is 0 Å². The molecule has 0 unspecified atom stereocenters. The minimum absolute atomic E-state index is 0.00562. The van der Waals surface area contributed by atoms with Crippen LogP contribution in [0.5, 0.6) is 5.75 Å². The molecule has 1 fully saturated rings. The molecule has 0 atom stereocenters. The van der Waals surface area contributed by atoms with Crippen molar-refractivity contribution in [2.45, 2.75) is 38.7 Å². The highest BCUT2D eigenvalue weighted by Crippen LogP contribution is 2.28. The Kier molecular flexibility index (Phi) is 8.11. The predicted molar refractivity (Wildman–Crippen MR) is 121 cm³/mol. The number of carbonyl (C=O) groups excluding carboxylic acids is 2. The number of benzene rings is 2. The van der Waals surface area contributed by atoms with Crippen LogP contribution in [0.3, 0.4) is 0 Å². The van der Waals surface area contributed by atoms with E-state index in [0.717, 1.165) is 5.56 Å². The summed E-state index contributed by atoms with van der Waals surface area (Å²) in [7, 11) is 0. The number of carboxylic acid groups (broad SMARTS) is 1. The number of ether oxygens (including phenoxy) is 1. The molecule has 7 nitrogen and oxygen atoms in total. The quantitative estimate of drug-likeness (QED) is 0.521. The second-order valence-corrected chi connectivity index (χ2v) is 8.36. The third-order valence-electron chi connectivity index (χ3n) is 5.57. The molecule has 0 spiro atoms. The van der Waals surface area contributed by atoms with E-state index in [2.05, 4.69) is 10.6 Å². The van der Waals surface area contributed by atoms with Crippen molar-refractivity contribution in [1.29, 1.82) is 0 Å². The summed E-state index contributed by atoms with van der Waals surface area (Å²) in [6.45, 7) is 2.43. The minimum atomic E-state index is -0.737. The van der Waals surface area contributed by atoms with Gasteiger partial charge in [0.15, 0.2) is 0 Å². The molecule has 0 radical (unpaired) electrons. The molecule has 3 rings (SSSR count). The average Bonchev–Trinajstić information content (AvgIpc) is 2.77. The summed E-state index contributed by atoms with van der Waals surface area (Å²) in [5.74, 6) is -0.798. The number of nitrogens with one attached hydrogen (secondary N) is 2. The largest absolute Gasteiger partial charge is 0.490 e. The molecule has 2 aromatic rings. The highest BCUT2D eigenvalue weighted by Gasteiger charge is 2.27. The Morgan fingerprint density at radius 1 is 0.969 bits per heavy atom. The Balaban J connectivity index is 1.44. The van der Waals surface area contributed by atoms with Gasteiger partial charge >= 0.3 is 5.97 Å². The number of hydrogen-bond acceptors (Lipinski definition) is 4. The van der Waals surface area contributed by atoms with Crippen molar-refractivity contribution in [2.24, 2.45) is 5.92 Å². The maximum absolute atomic E-state index is 12.5. The van der Waals surface area contributed by atoms with E-state index in [1.165, 1.54) is 0 Å². The molecule has 0 bridgehead atoms. The number of rotatable bonds is 8. The van der Waals surface area contributed by atoms with Crippen LogP contribution in [0.2, 0.25) is 5.02 Å². The Morgan fingerprint density at radius 3 is 2.19 bits per heavy atom. The fourth-order valence-corrected chi connectivity index (χ4v) is 3.86. The number of halogens is 1. The summed E-state index contributed by atoms with van der Waals surface area (Å²) in [4.78, 5) is 35.6. The summed E-state index contributed by atoms with van der Waals surface area (Å²) in [5, 5.41) is 15.2. The maximum atomic E-state index is 12.5. The van der Waals surface area contributed by atoms with Crippen LogP contribution in [0.1, 0.15) is 52.0 Å². The molecule has 2 amide bonds. The molecular formula is C24H27ClN2O5. The Morgan fingerprint density at radius 2 is 1.59 bits per heavy atom. The molecule has 1 aliphatic carbocycles. The highest BCUT2D eigenvalue weighted by molar-refractivity contribution is 6.30. The fraction of sp³-hybridized carbons (Fsp3) is 0.375. The van der Waals surface area contributed by atoms with E-state index in [-0.39, 0.29) is 23.8 Å². The van der Waals surface area contributed by atoms with Crippen molar-refractivity contribution in [3.05, 3.63) is 64.2 Å². The van der Waals surface area contributed by atoms with Crippen LogP contribution >= 0.6 is 11.6 Å². The fourth-order valence-electron chi connectivity index (χ4n) is 3.73. The second kappa shape index (κ2) is 11.0. The van der Waals surface area contributed by atoms with E-state index in [1.54, 1.807) is 36.4 Å². The first-order valence-electron chi connectivity index (χ1n) is 10.7. The molecule has 1 saturated carbocycles. The van der Waals surface area contributed by atoms with Crippen LogP contribution in [-0.2, 0) is 4.79 Å². The lowest BCUT2D eigenvalue weighted by molar-refractivity contribution is -0.143. The van der Waals surface area contributed by atoms with Gasteiger partial charge in [-0.3, -0.25) is 14.4 Å². The zero-order valence-electron chi connectivity index (χ0n) is 17.9. The first-order valence-corrected chi connectivity index (χ1v) is 11.0. The van der Waals surface area contributed by atoms with Crippen molar-refractivity contribution in [3.8, 4) is 5.75 Å². The van der Waals surface area contributed by atoms with E-state index >= 15 is 0 Å². The van der Waals surface area contributed by atoms with Gasteiger partial charge in [0.2, 0.25) is 0 Å². The van der Waals surface area contributed by atoms with Crippen LogP contribution in [-0.4, -0.2) is 42.1 Å². The molecule has 170 valence electrons. The first kappa shape index (κ1) is 23.6. The highest BCUT2D eigenvalue weighted by atomic mass is 35.5. The van der Waals surface area contributed by atoms with Crippen LogP contribution in [0, 0.1) is 12.8 Å². The van der Waals surface area contributed by atoms with E-state index in [1.807, 2.05) is 13.0 Å². The lowest BCUT2D eigenvalue weighted by atomic mass is 9.87. The predicted octanol–water partition coefficient (Wildman–Crippen LogP) is 3.83. The van der Waals surface area contributed by atoms with Gasteiger partial charge in [0.05, 0.1) is 12.0 Å². The lowest BCUT2D eigenvalue weighted by Crippen LogP contribution is -2.34. The normalized spacial score (nSPS) is 17.9. The number of hydrogen-bond donors (Lipinski definition) is 3. The molecule has 0 aromatic heterocycles. The van der Waals surface area contributed by atoms with Gasteiger partial charge in [0, 0.05) is 29.2 Å². The lowest BCUT2D eigenvalue weighted by Gasteiger charge is -2.27. The summed E-state index contributed by atoms with van der Waals surface area (Å²) in [6.07, 6.45) is 2.65. The molecule has 32 heavy (non-hydrogen) atoms. The van der Waals surface area contributed by atoms with E-state index in [4.69, 9.17) is 21.4 Å². The number of amides is 2. The summed E-state index contributed by atoms with van der Waals surface area (Å²) in [5.41, 5.74) is 1.82. The van der Waals surface area contributed by atoms with Gasteiger partial charge in [-0.25, -0.2) is 0 Å². The molecule has 0 saturated heterocycles. The SMILES string of the molecule is Cc1cc(OC2CCC(C(=O)O)CC2)ccc1C(=O)NCCNC(=O)c1ccc(Cl)cc1. The molecule has 3 N–H and O–H groups in total. The number of aliphatic carboxylic acids is 1. The molecule has 0 aliphatic heterocycles. The summed E-state index contributed by atoms with van der Waals surface area (Å²) < 4.78 is 5.99. The number of carboxylic acids is 1. The third-order valence-corrected chi connectivity index (χ3v) is 5.82. The average molecular weight is 459 g/mol. The zero-order chi connectivity index (χ0) is 23.1. The van der Waals surface area contributed by atoms with Crippen LogP contribution in [0.15, 0.2) is 42.5 Å². The van der Waals surface area contributed by atoms with Gasteiger partial charge in [-0.1, -0.05) is 11.6 Å². The Hall–Kier alpha value is -3.06.